The minimum atomic E-state index is 0.0663. The molecule has 1 saturated heterocycles. The van der Waals surface area contributed by atoms with E-state index in [1.165, 1.54) is 6.42 Å². The Bertz CT molecular complexity index is 354. The average molecular weight is 219 g/mol. The van der Waals surface area contributed by atoms with Gasteiger partial charge in [0.2, 0.25) is 0 Å². The number of hydrogen-bond acceptors (Lipinski definition) is 3. The van der Waals surface area contributed by atoms with E-state index in [1.807, 2.05) is 13.1 Å². The van der Waals surface area contributed by atoms with Crippen LogP contribution in [0.1, 0.15) is 38.8 Å². The van der Waals surface area contributed by atoms with E-state index in [1.54, 1.807) is 0 Å². The van der Waals surface area contributed by atoms with Gasteiger partial charge in [0.25, 0.3) is 0 Å². The van der Waals surface area contributed by atoms with Crippen molar-refractivity contribution in [2.24, 2.45) is 11.1 Å². The summed E-state index contributed by atoms with van der Waals surface area (Å²) in [4.78, 5) is 6.85. The topological polar surface area (TPSA) is 42.1 Å². The van der Waals surface area contributed by atoms with Gasteiger partial charge in [-0.1, -0.05) is 19.9 Å². The first-order valence-corrected chi connectivity index (χ1v) is 5.94. The number of anilines is 1. The Balaban J connectivity index is 2.11. The summed E-state index contributed by atoms with van der Waals surface area (Å²) >= 11 is 0. The molecule has 1 aliphatic rings. The summed E-state index contributed by atoms with van der Waals surface area (Å²) in [7, 11) is 0. The molecular weight excluding hydrogens is 198 g/mol. The molecule has 0 radical (unpaired) electrons. The van der Waals surface area contributed by atoms with Crippen LogP contribution in [0.4, 0.5) is 5.82 Å². The van der Waals surface area contributed by atoms with Crippen molar-refractivity contribution in [2.75, 3.05) is 18.0 Å². The van der Waals surface area contributed by atoms with Crippen molar-refractivity contribution in [1.29, 1.82) is 0 Å². The summed E-state index contributed by atoms with van der Waals surface area (Å²) in [6.45, 7) is 8.80. The maximum atomic E-state index is 5.81. The molecule has 0 aromatic carbocycles. The third-order valence-electron chi connectivity index (χ3n) is 3.30. The van der Waals surface area contributed by atoms with Gasteiger partial charge in [0.1, 0.15) is 5.82 Å². The number of rotatable bonds is 2. The molecule has 2 rings (SSSR count). The maximum Gasteiger partial charge on any atom is 0.128 e. The standard InChI is InChI=1S/C13H21N3/c1-10(14)11-4-5-12(15-8-11)16-7-6-13(2,3)9-16/h4-5,8,10H,6-7,9,14H2,1-3H3/t10-/m0/s1. The molecule has 1 aromatic rings. The summed E-state index contributed by atoms with van der Waals surface area (Å²) in [5.41, 5.74) is 7.32. The van der Waals surface area contributed by atoms with Crippen LogP contribution in [0.3, 0.4) is 0 Å². The molecule has 1 atom stereocenters. The van der Waals surface area contributed by atoms with E-state index in [4.69, 9.17) is 5.73 Å². The summed E-state index contributed by atoms with van der Waals surface area (Å²) < 4.78 is 0. The Hall–Kier alpha value is -1.09. The molecule has 1 aliphatic heterocycles. The lowest BCUT2D eigenvalue weighted by atomic mass is 9.93. The van der Waals surface area contributed by atoms with E-state index in [9.17, 15) is 0 Å². The maximum absolute atomic E-state index is 5.81. The molecule has 2 heterocycles. The summed E-state index contributed by atoms with van der Waals surface area (Å²) in [5.74, 6) is 1.08. The Kier molecular flexibility index (Phi) is 2.89. The lowest BCUT2D eigenvalue weighted by molar-refractivity contribution is 0.418. The second-order valence-electron chi connectivity index (χ2n) is 5.57. The molecule has 3 nitrogen and oxygen atoms in total. The highest BCUT2D eigenvalue weighted by atomic mass is 15.2. The van der Waals surface area contributed by atoms with Crippen LogP contribution in [-0.4, -0.2) is 18.1 Å². The van der Waals surface area contributed by atoms with Crippen LogP contribution in [0.2, 0.25) is 0 Å². The molecule has 1 fully saturated rings. The van der Waals surface area contributed by atoms with Gasteiger partial charge in [-0.25, -0.2) is 4.98 Å². The highest BCUT2D eigenvalue weighted by Crippen LogP contribution is 2.31. The van der Waals surface area contributed by atoms with Gasteiger partial charge in [0.05, 0.1) is 0 Å². The molecule has 16 heavy (non-hydrogen) atoms. The van der Waals surface area contributed by atoms with Crippen LogP contribution < -0.4 is 10.6 Å². The molecule has 0 spiro atoms. The molecular formula is C13H21N3. The fourth-order valence-corrected chi connectivity index (χ4v) is 2.16. The van der Waals surface area contributed by atoms with E-state index in [2.05, 4.69) is 35.9 Å². The van der Waals surface area contributed by atoms with Gasteiger partial charge in [-0.05, 0) is 30.4 Å². The van der Waals surface area contributed by atoms with Crippen molar-refractivity contribution < 1.29 is 0 Å². The van der Waals surface area contributed by atoms with E-state index in [0.717, 1.165) is 24.5 Å². The summed E-state index contributed by atoms with van der Waals surface area (Å²) in [6, 6.07) is 4.23. The van der Waals surface area contributed by atoms with Gasteiger partial charge in [0.15, 0.2) is 0 Å². The minimum Gasteiger partial charge on any atom is -0.356 e. The number of nitrogens with two attached hydrogens (primary N) is 1. The summed E-state index contributed by atoms with van der Waals surface area (Å²) in [5, 5.41) is 0. The first-order chi connectivity index (χ1) is 7.48. The Morgan fingerprint density at radius 2 is 2.19 bits per heavy atom. The predicted molar refractivity (Wildman–Crippen MR) is 67.5 cm³/mol. The second kappa shape index (κ2) is 4.06. The second-order valence-corrected chi connectivity index (χ2v) is 5.57. The van der Waals surface area contributed by atoms with Crippen LogP contribution in [0.25, 0.3) is 0 Å². The summed E-state index contributed by atoms with van der Waals surface area (Å²) in [6.07, 6.45) is 3.13. The van der Waals surface area contributed by atoms with Gasteiger partial charge >= 0.3 is 0 Å². The van der Waals surface area contributed by atoms with Crippen molar-refractivity contribution in [2.45, 2.75) is 33.2 Å². The third kappa shape index (κ3) is 2.35. The predicted octanol–water partition coefficient (Wildman–Crippen LogP) is 2.34. The van der Waals surface area contributed by atoms with Gasteiger partial charge in [-0.15, -0.1) is 0 Å². The van der Waals surface area contributed by atoms with Crippen LogP contribution in [0.5, 0.6) is 0 Å². The zero-order valence-corrected chi connectivity index (χ0v) is 10.4. The first-order valence-electron chi connectivity index (χ1n) is 5.94. The molecule has 1 aromatic heterocycles. The quantitative estimate of drug-likeness (QED) is 0.830. The fourth-order valence-electron chi connectivity index (χ4n) is 2.16. The molecule has 2 N–H and O–H groups in total. The fraction of sp³-hybridized carbons (Fsp3) is 0.615. The zero-order valence-electron chi connectivity index (χ0n) is 10.4. The Labute approximate surface area is 97.7 Å². The van der Waals surface area contributed by atoms with E-state index in [0.29, 0.717) is 5.41 Å². The third-order valence-corrected chi connectivity index (χ3v) is 3.30. The van der Waals surface area contributed by atoms with Crippen LogP contribution in [-0.2, 0) is 0 Å². The lowest BCUT2D eigenvalue weighted by Gasteiger charge is -2.21. The molecule has 88 valence electrons. The van der Waals surface area contributed by atoms with Crippen molar-refractivity contribution in [3.8, 4) is 0 Å². The number of nitrogens with zero attached hydrogens (tertiary/aromatic N) is 2. The molecule has 3 heteroatoms. The molecule has 0 unspecified atom stereocenters. The molecule has 0 bridgehead atoms. The van der Waals surface area contributed by atoms with Gasteiger partial charge in [-0.2, -0.15) is 0 Å². The van der Waals surface area contributed by atoms with Crippen LogP contribution in [0, 0.1) is 5.41 Å². The zero-order chi connectivity index (χ0) is 11.8. The van der Waals surface area contributed by atoms with Crippen molar-refractivity contribution in [3.05, 3.63) is 23.9 Å². The molecule has 0 saturated carbocycles. The van der Waals surface area contributed by atoms with Crippen LogP contribution in [0.15, 0.2) is 18.3 Å². The smallest absolute Gasteiger partial charge is 0.128 e. The first kappa shape index (κ1) is 11.4. The highest BCUT2D eigenvalue weighted by molar-refractivity contribution is 5.41. The number of pyridine rings is 1. The average Bonchev–Trinajstić information content (AvgIpc) is 2.59. The highest BCUT2D eigenvalue weighted by Gasteiger charge is 2.29. The van der Waals surface area contributed by atoms with Gasteiger partial charge < -0.3 is 10.6 Å². The number of aromatic nitrogens is 1. The SMILES string of the molecule is C[C@H](N)c1ccc(N2CCC(C)(C)C2)nc1. The van der Waals surface area contributed by atoms with E-state index in [-0.39, 0.29) is 6.04 Å². The van der Waals surface area contributed by atoms with Crippen molar-refractivity contribution in [1.82, 2.24) is 4.98 Å². The van der Waals surface area contributed by atoms with E-state index < -0.39 is 0 Å². The molecule has 0 amide bonds. The van der Waals surface area contributed by atoms with Crippen LogP contribution >= 0.6 is 0 Å². The largest absolute Gasteiger partial charge is 0.356 e. The molecule has 0 aliphatic carbocycles. The van der Waals surface area contributed by atoms with Gasteiger partial charge in [-0.3, -0.25) is 0 Å². The van der Waals surface area contributed by atoms with Gasteiger partial charge in [0, 0.05) is 25.3 Å². The van der Waals surface area contributed by atoms with Crippen molar-refractivity contribution in [3.63, 3.8) is 0 Å². The lowest BCUT2D eigenvalue weighted by Crippen LogP contribution is -2.23. The van der Waals surface area contributed by atoms with Crippen molar-refractivity contribution >= 4 is 5.82 Å². The normalized spacial score (nSPS) is 21.1. The monoisotopic (exact) mass is 219 g/mol. The number of hydrogen-bond donors (Lipinski definition) is 1. The Morgan fingerprint density at radius 3 is 2.62 bits per heavy atom. The van der Waals surface area contributed by atoms with E-state index >= 15 is 0 Å². The Morgan fingerprint density at radius 1 is 1.44 bits per heavy atom. The minimum absolute atomic E-state index is 0.0663.